The highest BCUT2D eigenvalue weighted by Gasteiger charge is 2.36. The molecule has 0 saturated carbocycles. The summed E-state index contributed by atoms with van der Waals surface area (Å²) in [5.74, 6) is 0.414. The Hall–Kier alpha value is -4.13. The Bertz CT molecular complexity index is 1670. The maximum Gasteiger partial charge on any atom is 0.407 e. The van der Waals surface area contributed by atoms with E-state index < -0.39 is 12.1 Å². The molecule has 2 aromatic heterocycles. The third kappa shape index (κ3) is 11.7. The molecule has 0 spiro atoms. The number of ether oxygens (including phenoxy) is 1. The molecule has 2 aromatic carbocycles. The number of hydrogen-bond acceptors (Lipinski definition) is 9. The third-order valence-corrected chi connectivity index (χ3v) is 11.2. The number of likely N-dealkylation sites (N-methyl/N-ethyl adjacent to an activating group) is 1. The van der Waals surface area contributed by atoms with Gasteiger partial charge in [-0.3, -0.25) is 9.78 Å². The minimum atomic E-state index is -0.543. The Morgan fingerprint density at radius 2 is 1.69 bits per heavy atom. The molecule has 0 bridgehead atoms. The fourth-order valence-electron chi connectivity index (χ4n) is 6.48. The van der Waals surface area contributed by atoms with Gasteiger partial charge in [-0.15, -0.1) is 22.7 Å². The lowest BCUT2D eigenvalue weighted by Gasteiger charge is -2.41. The van der Waals surface area contributed by atoms with E-state index in [1.165, 1.54) is 11.3 Å². The van der Waals surface area contributed by atoms with Crippen LogP contribution in [0.25, 0.3) is 0 Å². The Morgan fingerprint density at radius 1 is 0.980 bits per heavy atom. The van der Waals surface area contributed by atoms with Crippen LogP contribution in [-0.2, 0) is 35.5 Å². The first-order valence-corrected chi connectivity index (χ1v) is 19.5. The zero-order valence-electron chi connectivity index (χ0n) is 30.1. The smallest absolute Gasteiger partial charge is 0.407 e. The van der Waals surface area contributed by atoms with Crippen molar-refractivity contribution in [3.8, 4) is 0 Å². The van der Waals surface area contributed by atoms with Crippen molar-refractivity contribution in [2.45, 2.75) is 77.1 Å². The average Bonchev–Trinajstić information content (AvgIpc) is 3.83. The van der Waals surface area contributed by atoms with Crippen LogP contribution < -0.4 is 5.32 Å². The molecule has 4 aromatic rings. The summed E-state index contributed by atoms with van der Waals surface area (Å²) < 4.78 is 5.53. The molecular formula is C39H50N6O4S2. The molecule has 0 unspecified atom stereocenters. The highest BCUT2D eigenvalue weighted by atomic mass is 32.1. The van der Waals surface area contributed by atoms with Crippen molar-refractivity contribution < 1.29 is 19.1 Å². The van der Waals surface area contributed by atoms with Gasteiger partial charge in [0.1, 0.15) is 12.6 Å². The van der Waals surface area contributed by atoms with Crippen molar-refractivity contribution in [1.29, 1.82) is 0 Å². The minimum absolute atomic E-state index is 0.0135. The maximum absolute atomic E-state index is 14.3. The number of alkyl carbamates (subject to hydrolysis) is 1. The SMILES string of the molecule is CC(C)c1nc(CN(C)C(=O)N2CCN(C)C[C@@H]2C(=O)C[C@@H](CC[C@@H](Cc2ccccc2)NC(=O)OCc2cncs2)Cc2ccccc2)cs1. The first-order valence-electron chi connectivity index (χ1n) is 17.7. The summed E-state index contributed by atoms with van der Waals surface area (Å²) in [6.07, 6.45) is 4.30. The number of benzene rings is 2. The molecule has 3 amide bonds. The van der Waals surface area contributed by atoms with Crippen LogP contribution in [0.1, 0.15) is 65.7 Å². The van der Waals surface area contributed by atoms with Crippen LogP contribution >= 0.6 is 22.7 Å². The number of carbonyl (C=O) groups excluding carboxylic acids is 3. The second kappa shape index (κ2) is 18.9. The number of amides is 3. The number of nitrogens with zero attached hydrogens (tertiary/aromatic N) is 5. The fraction of sp³-hybridized carbons (Fsp3) is 0.462. The van der Waals surface area contributed by atoms with Gasteiger partial charge in [-0.05, 0) is 49.8 Å². The number of urea groups is 1. The van der Waals surface area contributed by atoms with E-state index in [1.54, 1.807) is 39.9 Å². The predicted molar refractivity (Wildman–Crippen MR) is 203 cm³/mol. The van der Waals surface area contributed by atoms with E-state index >= 15 is 0 Å². The number of ketones is 1. The molecule has 51 heavy (non-hydrogen) atoms. The lowest BCUT2D eigenvalue weighted by molar-refractivity contribution is -0.126. The zero-order valence-corrected chi connectivity index (χ0v) is 31.7. The molecule has 1 aliphatic heterocycles. The number of hydrogen-bond donors (Lipinski definition) is 1. The largest absolute Gasteiger partial charge is 0.444 e. The van der Waals surface area contributed by atoms with E-state index in [2.05, 4.69) is 53.3 Å². The molecule has 1 N–H and O–H groups in total. The second-order valence-corrected chi connectivity index (χ2v) is 15.7. The summed E-state index contributed by atoms with van der Waals surface area (Å²) >= 11 is 3.06. The fourth-order valence-corrected chi connectivity index (χ4v) is 7.81. The summed E-state index contributed by atoms with van der Waals surface area (Å²) in [7, 11) is 3.79. The number of carbonyl (C=O) groups is 3. The van der Waals surface area contributed by atoms with Crippen LogP contribution in [0.3, 0.4) is 0 Å². The molecule has 10 nitrogen and oxygen atoms in total. The average molecular weight is 731 g/mol. The molecule has 1 fully saturated rings. The van der Waals surface area contributed by atoms with Gasteiger partial charge in [0.2, 0.25) is 0 Å². The van der Waals surface area contributed by atoms with Crippen LogP contribution in [0.15, 0.2) is 77.8 Å². The van der Waals surface area contributed by atoms with Gasteiger partial charge in [0.15, 0.2) is 5.78 Å². The van der Waals surface area contributed by atoms with E-state index in [0.29, 0.717) is 57.8 Å². The number of rotatable bonds is 16. The minimum Gasteiger partial charge on any atom is -0.444 e. The Balaban J connectivity index is 1.28. The number of nitrogens with one attached hydrogen (secondary N) is 1. The van der Waals surface area contributed by atoms with Gasteiger partial charge in [-0.25, -0.2) is 14.6 Å². The highest BCUT2D eigenvalue weighted by molar-refractivity contribution is 7.09. The van der Waals surface area contributed by atoms with Gasteiger partial charge in [-0.2, -0.15) is 0 Å². The topological polar surface area (TPSA) is 108 Å². The van der Waals surface area contributed by atoms with Crippen LogP contribution in [0.5, 0.6) is 0 Å². The van der Waals surface area contributed by atoms with Gasteiger partial charge in [0.25, 0.3) is 0 Å². The van der Waals surface area contributed by atoms with Crippen molar-refractivity contribution in [3.63, 3.8) is 0 Å². The molecule has 0 aliphatic carbocycles. The number of piperazine rings is 1. The highest BCUT2D eigenvalue weighted by Crippen LogP contribution is 2.25. The molecule has 0 radical (unpaired) electrons. The molecular weight excluding hydrogens is 681 g/mol. The standard InChI is InChI=1S/C39H50N6O4S2/c1-28(2)37-41-33(26-50-37)23-44(4)39(48)45-18-17-43(3)24-35(45)36(46)21-31(19-29-11-7-5-8-12-29)15-16-32(20-30-13-9-6-10-14-30)42-38(47)49-25-34-22-40-27-51-34/h5-14,22,26-28,31-32,35H,15-21,23-25H2,1-4H3,(H,42,47)/t31-,32-,35+/m0/s1. The summed E-state index contributed by atoms with van der Waals surface area (Å²) in [5, 5.41) is 6.17. The zero-order chi connectivity index (χ0) is 36.2. The Kier molecular flexibility index (Phi) is 14.1. The van der Waals surface area contributed by atoms with E-state index in [0.717, 1.165) is 33.1 Å². The monoisotopic (exact) mass is 730 g/mol. The molecule has 3 atom stereocenters. The van der Waals surface area contributed by atoms with Crippen molar-refractivity contribution in [2.24, 2.45) is 5.92 Å². The lowest BCUT2D eigenvalue weighted by Crippen LogP contribution is -2.59. The molecule has 3 heterocycles. The molecule has 12 heteroatoms. The normalized spacial score (nSPS) is 16.1. The van der Waals surface area contributed by atoms with Crippen LogP contribution in [0, 0.1) is 5.92 Å². The molecule has 1 saturated heterocycles. The van der Waals surface area contributed by atoms with Crippen molar-refractivity contribution in [1.82, 2.24) is 30.0 Å². The van der Waals surface area contributed by atoms with Gasteiger partial charge in [0, 0.05) is 56.6 Å². The van der Waals surface area contributed by atoms with Crippen molar-refractivity contribution >= 4 is 40.6 Å². The van der Waals surface area contributed by atoms with E-state index in [-0.39, 0.29) is 30.4 Å². The van der Waals surface area contributed by atoms with Crippen molar-refractivity contribution in [2.75, 3.05) is 33.7 Å². The Labute approximate surface area is 309 Å². The molecule has 5 rings (SSSR count). The summed E-state index contributed by atoms with van der Waals surface area (Å²) in [5.41, 5.74) is 4.85. The number of aromatic nitrogens is 2. The molecule has 272 valence electrons. The third-order valence-electron chi connectivity index (χ3n) is 9.25. The second-order valence-electron chi connectivity index (χ2n) is 13.8. The predicted octanol–water partition coefficient (Wildman–Crippen LogP) is 7.03. The summed E-state index contributed by atoms with van der Waals surface area (Å²) in [6.45, 7) is 6.48. The summed E-state index contributed by atoms with van der Waals surface area (Å²) in [4.78, 5) is 56.3. The van der Waals surface area contributed by atoms with Gasteiger partial charge in [0.05, 0.1) is 27.6 Å². The van der Waals surface area contributed by atoms with Crippen LogP contribution in [0.2, 0.25) is 0 Å². The van der Waals surface area contributed by atoms with E-state index in [4.69, 9.17) is 9.72 Å². The Morgan fingerprint density at radius 3 is 2.33 bits per heavy atom. The maximum atomic E-state index is 14.3. The van der Waals surface area contributed by atoms with E-state index in [9.17, 15) is 14.4 Å². The van der Waals surface area contributed by atoms with Crippen LogP contribution in [0.4, 0.5) is 9.59 Å². The number of Topliss-reactive ketones (excluding diaryl/α,β-unsaturated/α-hetero) is 1. The van der Waals surface area contributed by atoms with Crippen molar-refractivity contribution in [3.05, 3.63) is 104 Å². The van der Waals surface area contributed by atoms with E-state index in [1.807, 2.05) is 48.8 Å². The van der Waals surface area contributed by atoms with Crippen LogP contribution in [-0.4, -0.2) is 88.4 Å². The van der Waals surface area contributed by atoms with Gasteiger partial charge in [-0.1, -0.05) is 74.5 Å². The molecule has 1 aliphatic rings. The summed E-state index contributed by atoms with van der Waals surface area (Å²) in [6, 6.07) is 19.4. The quantitative estimate of drug-likeness (QED) is 0.132. The first kappa shape index (κ1) is 38.1. The van der Waals surface area contributed by atoms with Gasteiger partial charge >= 0.3 is 12.1 Å². The number of thiazole rings is 2. The first-order chi connectivity index (χ1) is 24.6. The van der Waals surface area contributed by atoms with Gasteiger partial charge < -0.3 is 24.8 Å². The lowest BCUT2D eigenvalue weighted by atomic mass is 9.86.